The second kappa shape index (κ2) is 7.96. The lowest BCUT2D eigenvalue weighted by molar-refractivity contribution is 0.0997. The van der Waals surface area contributed by atoms with Crippen LogP contribution in [0, 0.1) is 0 Å². The fourth-order valence-corrected chi connectivity index (χ4v) is 2.56. The Balaban J connectivity index is 1.57. The SMILES string of the molecule is CN(CCOc1ccc(Cl)cc1)C(=O)Nc1ccc2[nH]nc(C(N)=O)c2c1. The van der Waals surface area contributed by atoms with E-state index in [4.69, 9.17) is 22.1 Å². The van der Waals surface area contributed by atoms with Crippen molar-refractivity contribution in [2.75, 3.05) is 25.5 Å². The average Bonchev–Trinajstić information content (AvgIpc) is 3.06. The van der Waals surface area contributed by atoms with Crippen LogP contribution in [0.1, 0.15) is 10.5 Å². The molecule has 27 heavy (non-hydrogen) atoms. The number of aromatic nitrogens is 2. The second-order valence-corrected chi connectivity index (χ2v) is 6.29. The van der Waals surface area contributed by atoms with Gasteiger partial charge in [-0.1, -0.05) is 11.6 Å². The van der Waals surface area contributed by atoms with Gasteiger partial charge in [0.25, 0.3) is 5.91 Å². The Hall–Kier alpha value is -3.26. The van der Waals surface area contributed by atoms with E-state index in [1.165, 1.54) is 4.90 Å². The van der Waals surface area contributed by atoms with Crippen molar-refractivity contribution in [1.82, 2.24) is 15.1 Å². The number of hydrogen-bond acceptors (Lipinski definition) is 4. The van der Waals surface area contributed by atoms with E-state index in [0.717, 1.165) is 0 Å². The number of nitrogens with two attached hydrogens (primary N) is 1. The van der Waals surface area contributed by atoms with Crippen LogP contribution in [0.4, 0.5) is 10.5 Å². The Kier molecular flexibility index (Phi) is 5.46. The van der Waals surface area contributed by atoms with Crippen molar-refractivity contribution in [1.29, 1.82) is 0 Å². The van der Waals surface area contributed by atoms with Crippen molar-refractivity contribution in [3.63, 3.8) is 0 Å². The first kappa shape index (κ1) is 18.5. The molecule has 1 heterocycles. The van der Waals surface area contributed by atoms with Gasteiger partial charge in [0.15, 0.2) is 5.69 Å². The molecule has 0 aliphatic heterocycles. The van der Waals surface area contributed by atoms with Crippen LogP contribution in [0.2, 0.25) is 5.02 Å². The Morgan fingerprint density at radius 3 is 2.70 bits per heavy atom. The topological polar surface area (TPSA) is 113 Å². The molecular weight excluding hydrogens is 370 g/mol. The molecule has 0 unspecified atom stereocenters. The summed E-state index contributed by atoms with van der Waals surface area (Å²) in [5, 5.41) is 10.5. The molecular formula is C18H18ClN5O3. The third-order valence-corrected chi connectivity index (χ3v) is 4.16. The molecule has 3 aromatic rings. The fraction of sp³-hybridized carbons (Fsp3) is 0.167. The summed E-state index contributed by atoms with van der Waals surface area (Å²) in [6, 6.07) is 11.8. The molecule has 0 aliphatic carbocycles. The molecule has 0 fully saturated rings. The first-order valence-corrected chi connectivity index (χ1v) is 8.50. The quantitative estimate of drug-likeness (QED) is 0.603. The summed E-state index contributed by atoms with van der Waals surface area (Å²) < 4.78 is 5.58. The zero-order valence-electron chi connectivity index (χ0n) is 14.5. The standard InChI is InChI=1S/C18H18ClN5O3/c1-24(8-9-27-13-5-2-11(19)3-6-13)18(26)21-12-4-7-15-14(10-12)16(17(20)25)23-22-15/h2-7,10H,8-9H2,1H3,(H2,20,25)(H,21,26)(H,22,23). The van der Waals surface area contributed by atoms with Crippen molar-refractivity contribution in [3.05, 3.63) is 53.2 Å². The number of likely N-dealkylation sites (N-methyl/N-ethyl adjacent to an activating group) is 1. The average molecular weight is 388 g/mol. The lowest BCUT2D eigenvalue weighted by Gasteiger charge is -2.18. The first-order chi connectivity index (χ1) is 12.9. The van der Waals surface area contributed by atoms with Gasteiger partial charge < -0.3 is 20.7 Å². The lowest BCUT2D eigenvalue weighted by Crippen LogP contribution is -2.34. The number of anilines is 1. The maximum atomic E-state index is 12.3. The molecule has 0 spiro atoms. The van der Waals surface area contributed by atoms with Gasteiger partial charge in [-0.15, -0.1) is 0 Å². The zero-order valence-corrected chi connectivity index (χ0v) is 15.3. The smallest absolute Gasteiger partial charge is 0.321 e. The molecule has 4 N–H and O–H groups in total. The van der Waals surface area contributed by atoms with Crippen LogP contribution in [0.25, 0.3) is 10.9 Å². The van der Waals surface area contributed by atoms with Gasteiger partial charge in [-0.25, -0.2) is 4.79 Å². The third-order valence-electron chi connectivity index (χ3n) is 3.90. The summed E-state index contributed by atoms with van der Waals surface area (Å²) in [5.41, 5.74) is 6.62. The Morgan fingerprint density at radius 1 is 1.26 bits per heavy atom. The molecule has 140 valence electrons. The molecule has 3 rings (SSSR count). The predicted molar refractivity (Wildman–Crippen MR) is 103 cm³/mol. The number of carbonyl (C=O) groups excluding carboxylic acids is 2. The van der Waals surface area contributed by atoms with Crippen molar-refractivity contribution in [2.45, 2.75) is 0 Å². The molecule has 3 amide bonds. The molecule has 0 saturated carbocycles. The van der Waals surface area contributed by atoms with Crippen LogP contribution in [0.5, 0.6) is 5.75 Å². The van der Waals surface area contributed by atoms with Crippen LogP contribution in [-0.2, 0) is 0 Å². The van der Waals surface area contributed by atoms with E-state index in [1.807, 2.05) is 0 Å². The van der Waals surface area contributed by atoms with Crippen LogP contribution < -0.4 is 15.8 Å². The van der Waals surface area contributed by atoms with Crippen molar-refractivity contribution < 1.29 is 14.3 Å². The molecule has 1 aromatic heterocycles. The predicted octanol–water partition coefficient (Wildman–Crippen LogP) is 2.86. The number of H-pyrrole nitrogens is 1. The van der Waals surface area contributed by atoms with E-state index in [9.17, 15) is 9.59 Å². The minimum absolute atomic E-state index is 0.130. The largest absolute Gasteiger partial charge is 0.492 e. The van der Waals surface area contributed by atoms with Gasteiger partial charge >= 0.3 is 6.03 Å². The van der Waals surface area contributed by atoms with E-state index in [-0.39, 0.29) is 11.7 Å². The van der Waals surface area contributed by atoms with Crippen LogP contribution in [0.15, 0.2) is 42.5 Å². The number of halogens is 1. The summed E-state index contributed by atoms with van der Waals surface area (Å²) in [4.78, 5) is 25.2. The van der Waals surface area contributed by atoms with Gasteiger partial charge in [-0.05, 0) is 42.5 Å². The Morgan fingerprint density at radius 2 is 2.00 bits per heavy atom. The van der Waals surface area contributed by atoms with Gasteiger partial charge in [-0.2, -0.15) is 5.10 Å². The number of fused-ring (bicyclic) bond motifs is 1. The second-order valence-electron chi connectivity index (χ2n) is 5.85. The van der Waals surface area contributed by atoms with Crippen LogP contribution in [0.3, 0.4) is 0 Å². The highest BCUT2D eigenvalue weighted by atomic mass is 35.5. The molecule has 9 heteroatoms. The summed E-state index contributed by atoms with van der Waals surface area (Å²) in [7, 11) is 1.66. The van der Waals surface area contributed by atoms with Gasteiger partial charge in [0, 0.05) is 23.1 Å². The number of hydrogen-bond donors (Lipinski definition) is 3. The molecule has 0 bridgehead atoms. The number of rotatable bonds is 6. The highest BCUT2D eigenvalue weighted by molar-refractivity contribution is 6.30. The number of amides is 3. The molecule has 0 saturated heterocycles. The molecule has 2 aromatic carbocycles. The maximum Gasteiger partial charge on any atom is 0.321 e. The number of carbonyl (C=O) groups is 2. The summed E-state index contributed by atoms with van der Waals surface area (Å²) in [6.45, 7) is 0.715. The minimum atomic E-state index is -0.638. The van der Waals surface area contributed by atoms with Gasteiger partial charge in [0.2, 0.25) is 0 Å². The highest BCUT2D eigenvalue weighted by Gasteiger charge is 2.13. The highest BCUT2D eigenvalue weighted by Crippen LogP contribution is 2.21. The summed E-state index contributed by atoms with van der Waals surface area (Å²) >= 11 is 5.82. The van der Waals surface area contributed by atoms with E-state index in [1.54, 1.807) is 49.5 Å². The minimum Gasteiger partial charge on any atom is -0.492 e. The number of nitrogens with one attached hydrogen (secondary N) is 2. The fourth-order valence-electron chi connectivity index (χ4n) is 2.43. The van der Waals surface area contributed by atoms with Crippen LogP contribution >= 0.6 is 11.6 Å². The Bertz CT molecular complexity index is 971. The number of primary amides is 1. The number of benzene rings is 2. The number of nitrogens with zero attached hydrogens (tertiary/aromatic N) is 2. The summed E-state index contributed by atoms with van der Waals surface area (Å²) in [5.74, 6) is 0.0405. The third kappa shape index (κ3) is 4.48. The summed E-state index contributed by atoms with van der Waals surface area (Å²) in [6.07, 6.45) is 0. The van der Waals surface area contributed by atoms with E-state index >= 15 is 0 Å². The van der Waals surface area contributed by atoms with Crippen molar-refractivity contribution in [2.24, 2.45) is 5.73 Å². The molecule has 0 radical (unpaired) electrons. The molecule has 0 aliphatic rings. The van der Waals surface area contributed by atoms with Gasteiger partial charge in [-0.3, -0.25) is 9.89 Å². The first-order valence-electron chi connectivity index (χ1n) is 8.12. The monoisotopic (exact) mass is 387 g/mol. The normalized spacial score (nSPS) is 10.6. The number of ether oxygens (including phenoxy) is 1. The van der Waals surface area contributed by atoms with Crippen molar-refractivity contribution in [3.8, 4) is 5.75 Å². The molecule has 0 atom stereocenters. The van der Waals surface area contributed by atoms with Gasteiger partial charge in [0.05, 0.1) is 12.1 Å². The van der Waals surface area contributed by atoms with E-state index in [0.29, 0.717) is 40.5 Å². The Labute approximate surface area is 160 Å². The lowest BCUT2D eigenvalue weighted by atomic mass is 10.2. The van der Waals surface area contributed by atoms with Crippen molar-refractivity contribution >= 4 is 40.1 Å². The zero-order chi connectivity index (χ0) is 19.4. The van der Waals surface area contributed by atoms with E-state index < -0.39 is 5.91 Å². The number of aromatic amines is 1. The van der Waals surface area contributed by atoms with Crippen LogP contribution in [-0.4, -0.2) is 47.2 Å². The van der Waals surface area contributed by atoms with E-state index in [2.05, 4.69) is 15.5 Å². The van der Waals surface area contributed by atoms with Gasteiger partial charge in [0.1, 0.15) is 12.4 Å². The maximum absolute atomic E-state index is 12.3. The number of urea groups is 1. The molecule has 8 nitrogen and oxygen atoms in total.